The minimum atomic E-state index is -3.49. The van der Waals surface area contributed by atoms with Gasteiger partial charge in [-0.1, -0.05) is 51.5 Å². The number of carbonyl (C=O) groups is 1. The Bertz CT molecular complexity index is 1850. The molecule has 2 aliphatic rings. The fraction of sp³-hybridized carbons (Fsp3) is 0.441. The number of likely N-dealkylation sites (tertiary alicyclic amines) is 1. The van der Waals surface area contributed by atoms with Gasteiger partial charge in [0.05, 0.1) is 30.2 Å². The van der Waals surface area contributed by atoms with Gasteiger partial charge in [0.25, 0.3) is 0 Å². The van der Waals surface area contributed by atoms with Gasteiger partial charge in [0.15, 0.2) is 11.5 Å². The molecule has 4 aromatic rings. The van der Waals surface area contributed by atoms with Gasteiger partial charge in [-0.15, -0.1) is 10.2 Å². The van der Waals surface area contributed by atoms with Crippen LogP contribution in [0.2, 0.25) is 0 Å². The predicted octanol–water partition coefficient (Wildman–Crippen LogP) is 6.33. The average Bonchev–Trinajstić information content (AvgIpc) is 3.40. The summed E-state index contributed by atoms with van der Waals surface area (Å²) >= 11 is 0. The van der Waals surface area contributed by atoms with Crippen LogP contribution in [0.1, 0.15) is 93.6 Å². The quantitative estimate of drug-likeness (QED) is 0.214. The van der Waals surface area contributed by atoms with Crippen LogP contribution in [0.25, 0.3) is 5.65 Å². The Kier molecular flexibility index (Phi) is 8.68. The van der Waals surface area contributed by atoms with Gasteiger partial charge >= 0.3 is 6.03 Å². The molecule has 0 unspecified atom stereocenters. The Labute approximate surface area is 270 Å². The Hall–Kier alpha value is -4.16. The first-order valence-corrected chi connectivity index (χ1v) is 17.7. The van der Waals surface area contributed by atoms with Crippen LogP contribution in [-0.2, 0) is 15.4 Å². The van der Waals surface area contributed by atoms with Crippen molar-refractivity contribution in [3.63, 3.8) is 0 Å². The Morgan fingerprint density at radius 2 is 1.72 bits per heavy atom. The third-order valence-electron chi connectivity index (χ3n) is 8.85. The molecule has 6 rings (SSSR count). The number of urea groups is 1. The van der Waals surface area contributed by atoms with Crippen LogP contribution in [-0.4, -0.2) is 53.8 Å². The predicted molar refractivity (Wildman–Crippen MR) is 180 cm³/mol. The summed E-state index contributed by atoms with van der Waals surface area (Å²) in [5.74, 6) is 1.68. The van der Waals surface area contributed by atoms with Gasteiger partial charge in [-0.2, -0.15) is 0 Å². The molecule has 2 amide bonds. The number of amides is 2. The lowest BCUT2D eigenvalue weighted by atomic mass is 9.85. The molecule has 1 aliphatic carbocycles. The fourth-order valence-corrected chi connectivity index (χ4v) is 7.05. The van der Waals surface area contributed by atoms with E-state index in [0.29, 0.717) is 24.2 Å². The first-order valence-electron chi connectivity index (χ1n) is 15.9. The Morgan fingerprint density at radius 1 is 0.957 bits per heavy atom. The van der Waals surface area contributed by atoms with Crippen LogP contribution in [0.15, 0.2) is 60.8 Å². The average molecular weight is 646 g/mol. The minimum Gasteiger partial charge on any atom is -0.484 e. The van der Waals surface area contributed by atoms with E-state index in [1.54, 1.807) is 12.1 Å². The first kappa shape index (κ1) is 31.8. The second kappa shape index (κ2) is 12.6. The lowest BCUT2D eigenvalue weighted by Gasteiger charge is -2.32. The number of fused-ring (bicyclic) bond motifs is 2. The highest BCUT2D eigenvalue weighted by Crippen LogP contribution is 2.39. The second-order valence-corrected chi connectivity index (χ2v) is 15.3. The maximum absolute atomic E-state index is 13.3. The van der Waals surface area contributed by atoms with Crippen molar-refractivity contribution in [3.8, 4) is 5.75 Å². The maximum Gasteiger partial charge on any atom is 0.319 e. The molecule has 3 atom stereocenters. The smallest absolute Gasteiger partial charge is 0.319 e. The minimum absolute atomic E-state index is 0.180. The maximum atomic E-state index is 13.3. The molecule has 0 saturated carbocycles. The number of pyridine rings is 1. The molecular weight excluding hydrogens is 602 g/mol. The van der Waals surface area contributed by atoms with E-state index < -0.39 is 10.0 Å². The van der Waals surface area contributed by atoms with E-state index in [2.05, 4.69) is 48.0 Å². The molecule has 46 heavy (non-hydrogen) atoms. The largest absolute Gasteiger partial charge is 0.484 e. The normalized spacial score (nSPS) is 20.6. The van der Waals surface area contributed by atoms with Gasteiger partial charge in [0.2, 0.25) is 10.0 Å². The van der Waals surface area contributed by atoms with Gasteiger partial charge in [-0.3, -0.25) is 14.0 Å². The molecule has 3 heterocycles. The summed E-state index contributed by atoms with van der Waals surface area (Å²) in [4.78, 5) is 15.6. The molecule has 1 saturated heterocycles. The Balaban J connectivity index is 1.18. The number of sulfonamides is 1. The first-order chi connectivity index (χ1) is 21.8. The molecule has 2 aromatic carbocycles. The van der Waals surface area contributed by atoms with Crippen molar-refractivity contribution in [2.75, 3.05) is 29.9 Å². The van der Waals surface area contributed by atoms with Crippen LogP contribution in [0.4, 0.5) is 16.2 Å². The SMILES string of the molecule is CN1CCCC[C@H]1c1nnc2ccc(O[C@@H]3CC[C@H](NC(=O)Nc4cc(NS(C)(=O)=O)cc(C(C)(C)C)c4)c4ccccc43)cn12. The fourth-order valence-electron chi connectivity index (χ4n) is 6.51. The lowest BCUT2D eigenvalue weighted by Crippen LogP contribution is -2.35. The highest BCUT2D eigenvalue weighted by atomic mass is 32.2. The van der Waals surface area contributed by atoms with Gasteiger partial charge < -0.3 is 15.4 Å². The van der Waals surface area contributed by atoms with Crippen molar-refractivity contribution in [2.45, 2.75) is 76.5 Å². The molecule has 2 aromatic heterocycles. The third kappa shape index (κ3) is 7.13. The number of ether oxygens (including phenoxy) is 1. The van der Waals surface area contributed by atoms with E-state index in [9.17, 15) is 13.2 Å². The second-order valence-electron chi connectivity index (χ2n) is 13.5. The van der Waals surface area contributed by atoms with Crippen LogP contribution >= 0.6 is 0 Å². The number of carbonyl (C=O) groups excluding carboxylic acids is 1. The molecule has 244 valence electrons. The van der Waals surface area contributed by atoms with Crippen molar-refractivity contribution in [1.29, 1.82) is 0 Å². The Morgan fingerprint density at radius 3 is 2.46 bits per heavy atom. The molecule has 1 fully saturated rings. The standard InChI is InChI=1S/C34H43N7O4S/c1-34(2,3)22-18-23(20-24(19-22)39-46(5,43)44)35-33(42)36-28-14-15-30(27-11-7-6-10-26(27)28)45-25-13-16-31-37-38-32(41(31)21-25)29-12-8-9-17-40(29)4/h6-7,10-11,13,16,18-21,28-30,39H,8-9,12,14-15,17H2,1-5H3,(H2,35,36,42)/t28-,29-,30+/m0/s1. The van der Waals surface area contributed by atoms with E-state index >= 15 is 0 Å². The zero-order valence-electron chi connectivity index (χ0n) is 27.1. The zero-order chi connectivity index (χ0) is 32.6. The monoisotopic (exact) mass is 645 g/mol. The van der Waals surface area contributed by atoms with Crippen molar-refractivity contribution < 1.29 is 17.9 Å². The molecular formula is C34H43N7O4S. The molecule has 0 radical (unpaired) electrons. The number of nitrogens with zero attached hydrogens (tertiary/aromatic N) is 4. The van der Waals surface area contributed by atoms with Crippen LogP contribution in [0.3, 0.4) is 0 Å². The molecule has 0 bridgehead atoms. The number of hydrogen-bond donors (Lipinski definition) is 3. The lowest BCUT2D eigenvalue weighted by molar-refractivity contribution is 0.170. The van der Waals surface area contributed by atoms with Gasteiger partial charge in [0.1, 0.15) is 11.9 Å². The number of nitrogens with one attached hydrogen (secondary N) is 3. The van der Waals surface area contributed by atoms with Crippen molar-refractivity contribution in [1.82, 2.24) is 24.8 Å². The van der Waals surface area contributed by atoms with Gasteiger partial charge in [-0.25, -0.2) is 13.2 Å². The van der Waals surface area contributed by atoms with Crippen molar-refractivity contribution >= 4 is 33.1 Å². The molecule has 1 aliphatic heterocycles. The van der Waals surface area contributed by atoms with Crippen LogP contribution < -0.4 is 20.1 Å². The number of piperidine rings is 1. The summed E-state index contributed by atoms with van der Waals surface area (Å²) in [7, 11) is -1.34. The zero-order valence-corrected chi connectivity index (χ0v) is 27.9. The number of benzene rings is 2. The number of hydrogen-bond acceptors (Lipinski definition) is 7. The summed E-state index contributed by atoms with van der Waals surface area (Å²) in [6.07, 6.45) is 7.75. The summed E-state index contributed by atoms with van der Waals surface area (Å²) in [6.45, 7) is 7.15. The van der Waals surface area contributed by atoms with E-state index in [1.165, 1.54) is 12.8 Å². The summed E-state index contributed by atoms with van der Waals surface area (Å²) < 4.78 is 35.0. The van der Waals surface area contributed by atoms with Crippen molar-refractivity contribution in [3.05, 3.63) is 83.3 Å². The highest BCUT2D eigenvalue weighted by Gasteiger charge is 2.30. The summed E-state index contributed by atoms with van der Waals surface area (Å²) in [6, 6.07) is 16.9. The van der Waals surface area contributed by atoms with E-state index in [0.717, 1.165) is 53.1 Å². The molecule has 3 N–H and O–H groups in total. The number of aromatic nitrogens is 3. The van der Waals surface area contributed by atoms with Crippen molar-refractivity contribution in [2.24, 2.45) is 0 Å². The summed E-state index contributed by atoms with van der Waals surface area (Å²) in [5, 5.41) is 15.0. The molecule has 0 spiro atoms. The van der Waals surface area contributed by atoms with Gasteiger partial charge in [0, 0.05) is 5.69 Å². The third-order valence-corrected chi connectivity index (χ3v) is 9.46. The van der Waals surface area contributed by atoms with E-state index in [-0.39, 0.29) is 29.6 Å². The van der Waals surface area contributed by atoms with Crippen LogP contribution in [0.5, 0.6) is 5.75 Å². The molecule has 12 heteroatoms. The summed E-state index contributed by atoms with van der Waals surface area (Å²) in [5.41, 5.74) is 4.37. The van der Waals surface area contributed by atoms with E-state index in [4.69, 9.17) is 4.74 Å². The van der Waals surface area contributed by atoms with E-state index in [1.807, 2.05) is 63.4 Å². The number of rotatable bonds is 7. The number of anilines is 2. The van der Waals surface area contributed by atoms with Crippen LogP contribution in [0, 0.1) is 0 Å². The topological polar surface area (TPSA) is 130 Å². The highest BCUT2D eigenvalue weighted by molar-refractivity contribution is 7.92. The molecule has 11 nitrogen and oxygen atoms in total. The van der Waals surface area contributed by atoms with Gasteiger partial charge in [-0.05, 0) is 91.7 Å².